The second-order valence-corrected chi connectivity index (χ2v) is 9.14. The van der Waals surface area contributed by atoms with Crippen LogP contribution in [0.4, 0.5) is 13.2 Å². The summed E-state index contributed by atoms with van der Waals surface area (Å²) in [5.41, 5.74) is 1.74. The molecule has 0 amide bonds. The van der Waals surface area contributed by atoms with E-state index in [9.17, 15) is 18.0 Å². The predicted octanol–water partition coefficient (Wildman–Crippen LogP) is 6.29. The van der Waals surface area contributed by atoms with Crippen molar-refractivity contribution in [1.82, 2.24) is 14.8 Å². The first kappa shape index (κ1) is 29.4. The van der Waals surface area contributed by atoms with Crippen molar-refractivity contribution in [2.45, 2.75) is 45.4 Å². The molecule has 41 heavy (non-hydrogen) atoms. The number of hydrogen-bond donors (Lipinski definition) is 1. The van der Waals surface area contributed by atoms with Crippen molar-refractivity contribution >= 4 is 5.97 Å². The number of ether oxygens (including phenoxy) is 3. The van der Waals surface area contributed by atoms with Gasteiger partial charge in [0.15, 0.2) is 17.3 Å². The fraction of sp³-hybridized carbons (Fsp3) is 0.300. The summed E-state index contributed by atoms with van der Waals surface area (Å²) in [5, 5.41) is 13.4. The van der Waals surface area contributed by atoms with Gasteiger partial charge in [-0.05, 0) is 61.6 Å². The van der Waals surface area contributed by atoms with Crippen LogP contribution in [-0.2, 0) is 30.4 Å². The van der Waals surface area contributed by atoms with Crippen molar-refractivity contribution in [3.05, 3.63) is 95.3 Å². The highest BCUT2D eigenvalue weighted by molar-refractivity contribution is 5.67. The number of nitrogens with zero attached hydrogens (tertiary/aromatic N) is 3. The average Bonchev–Trinajstić information content (AvgIpc) is 3.36. The van der Waals surface area contributed by atoms with Crippen LogP contribution in [0.25, 0.3) is 5.82 Å². The first-order valence-corrected chi connectivity index (χ1v) is 13.1. The fourth-order valence-electron chi connectivity index (χ4n) is 4.00. The predicted molar refractivity (Wildman–Crippen MR) is 145 cm³/mol. The third kappa shape index (κ3) is 8.47. The number of aliphatic carboxylic acids is 1. The Morgan fingerprint density at radius 1 is 0.951 bits per heavy atom. The number of aryl methyl sites for hydroxylation is 2. The largest absolute Gasteiger partial charge is 0.490 e. The molecule has 0 saturated carbocycles. The molecule has 0 fully saturated rings. The Balaban J connectivity index is 1.41. The van der Waals surface area contributed by atoms with Crippen molar-refractivity contribution in [1.29, 1.82) is 0 Å². The van der Waals surface area contributed by atoms with E-state index in [2.05, 4.69) is 10.1 Å². The number of carboxylic acids is 1. The Hall–Kier alpha value is -4.54. The van der Waals surface area contributed by atoms with Crippen LogP contribution in [0, 0.1) is 0 Å². The monoisotopic (exact) mass is 569 g/mol. The Labute approximate surface area is 235 Å². The fourth-order valence-corrected chi connectivity index (χ4v) is 4.00. The quantitative estimate of drug-likeness (QED) is 0.178. The van der Waals surface area contributed by atoms with E-state index in [1.807, 2.05) is 43.3 Å². The number of halogens is 3. The number of aromatic nitrogens is 3. The molecule has 0 unspecified atom stereocenters. The van der Waals surface area contributed by atoms with Gasteiger partial charge in [-0.15, -0.1) is 5.10 Å². The zero-order valence-electron chi connectivity index (χ0n) is 22.4. The molecule has 2 aromatic heterocycles. The maximum absolute atomic E-state index is 12.9. The van der Waals surface area contributed by atoms with Gasteiger partial charge in [0.25, 0.3) is 0 Å². The molecule has 0 radical (unpaired) electrons. The van der Waals surface area contributed by atoms with Gasteiger partial charge in [0.2, 0.25) is 5.88 Å². The van der Waals surface area contributed by atoms with E-state index in [-0.39, 0.29) is 12.2 Å². The molecule has 8 nitrogen and oxygen atoms in total. The summed E-state index contributed by atoms with van der Waals surface area (Å²) in [6.45, 7) is 2.86. The molecule has 4 aromatic rings. The van der Waals surface area contributed by atoms with Gasteiger partial charge in [-0.2, -0.15) is 13.2 Å². The smallest absolute Gasteiger partial charge is 0.417 e. The Bertz CT molecular complexity index is 1420. The lowest BCUT2D eigenvalue weighted by Crippen LogP contribution is -2.07. The molecule has 2 heterocycles. The summed E-state index contributed by atoms with van der Waals surface area (Å²) >= 11 is 0. The molecule has 0 aliphatic rings. The zero-order valence-corrected chi connectivity index (χ0v) is 22.4. The summed E-state index contributed by atoms with van der Waals surface area (Å²) in [6.07, 6.45) is -0.506. The number of hydrogen-bond acceptors (Lipinski definition) is 6. The topological polar surface area (TPSA) is 95.7 Å². The second kappa shape index (κ2) is 13.7. The van der Waals surface area contributed by atoms with Gasteiger partial charge in [-0.3, -0.25) is 4.79 Å². The van der Waals surface area contributed by atoms with Gasteiger partial charge in [0.1, 0.15) is 6.61 Å². The first-order valence-electron chi connectivity index (χ1n) is 13.1. The van der Waals surface area contributed by atoms with Crippen LogP contribution in [0.1, 0.15) is 42.0 Å². The first-order chi connectivity index (χ1) is 19.7. The molecule has 0 aliphatic carbocycles. The van der Waals surface area contributed by atoms with Crippen molar-refractivity contribution in [2.75, 3.05) is 13.2 Å². The summed E-state index contributed by atoms with van der Waals surface area (Å²) in [5.74, 6) is 0.803. The van der Waals surface area contributed by atoms with Crippen molar-refractivity contribution in [3.63, 3.8) is 0 Å². The molecule has 2 aromatic carbocycles. The molecule has 0 bridgehead atoms. The van der Waals surface area contributed by atoms with Crippen LogP contribution in [0.2, 0.25) is 0 Å². The minimum atomic E-state index is -4.47. The van der Waals surface area contributed by atoms with Crippen LogP contribution in [0.15, 0.2) is 73.1 Å². The van der Waals surface area contributed by atoms with Gasteiger partial charge >= 0.3 is 12.1 Å². The van der Waals surface area contributed by atoms with E-state index >= 15 is 0 Å². The summed E-state index contributed by atoms with van der Waals surface area (Å²) in [6, 6.07) is 17.3. The van der Waals surface area contributed by atoms with Crippen LogP contribution in [-0.4, -0.2) is 39.1 Å². The molecule has 4 rings (SSSR count). The van der Waals surface area contributed by atoms with Gasteiger partial charge in [-0.25, -0.2) is 9.67 Å². The van der Waals surface area contributed by atoms with Crippen molar-refractivity contribution < 1.29 is 37.3 Å². The highest BCUT2D eigenvalue weighted by atomic mass is 19.4. The number of pyridine rings is 1. The molecular formula is C30H30F3N3O5. The van der Waals surface area contributed by atoms with E-state index in [0.717, 1.165) is 29.0 Å². The zero-order chi connectivity index (χ0) is 29.2. The van der Waals surface area contributed by atoms with E-state index < -0.39 is 17.7 Å². The molecule has 0 atom stereocenters. The number of rotatable bonds is 14. The third-order valence-corrected chi connectivity index (χ3v) is 6.06. The van der Waals surface area contributed by atoms with E-state index in [4.69, 9.17) is 19.3 Å². The van der Waals surface area contributed by atoms with E-state index in [1.54, 1.807) is 18.3 Å². The number of benzene rings is 2. The van der Waals surface area contributed by atoms with Gasteiger partial charge < -0.3 is 19.3 Å². The molecular weight excluding hydrogens is 539 g/mol. The Kier molecular flexibility index (Phi) is 9.83. The highest BCUT2D eigenvalue weighted by Crippen LogP contribution is 2.31. The minimum absolute atomic E-state index is 0.0101. The molecule has 0 spiro atoms. The Morgan fingerprint density at radius 3 is 2.44 bits per heavy atom. The SMILES string of the molecule is CCOc1nn(-c2ccc(C(F)(F)F)cn2)cc1CCCOc1ccc(CCC(=O)O)cc1OCc1ccccc1. The maximum Gasteiger partial charge on any atom is 0.417 e. The summed E-state index contributed by atoms with van der Waals surface area (Å²) < 4.78 is 57.8. The Morgan fingerprint density at radius 2 is 1.76 bits per heavy atom. The molecule has 1 N–H and O–H groups in total. The van der Waals surface area contributed by atoms with E-state index in [1.165, 1.54) is 10.7 Å². The minimum Gasteiger partial charge on any atom is -0.490 e. The van der Waals surface area contributed by atoms with Crippen molar-refractivity contribution in [2.24, 2.45) is 0 Å². The standard InChI is InChI=1S/C30H30F3N3O5/c1-2-39-29-23(19-36(35-29)27-14-12-24(18-34-27)30(31,32)33)9-6-16-40-25-13-10-21(11-15-28(37)38)17-26(25)41-20-22-7-4-3-5-8-22/h3-5,7-8,10,12-14,17-19H,2,6,9,11,15-16,20H2,1H3,(H,37,38). The second-order valence-electron chi connectivity index (χ2n) is 9.14. The summed E-state index contributed by atoms with van der Waals surface area (Å²) in [7, 11) is 0. The third-order valence-electron chi connectivity index (χ3n) is 6.06. The number of alkyl halides is 3. The number of carboxylic acid groups (broad SMARTS) is 1. The highest BCUT2D eigenvalue weighted by Gasteiger charge is 2.30. The van der Waals surface area contributed by atoms with Crippen LogP contribution < -0.4 is 14.2 Å². The average molecular weight is 570 g/mol. The number of carbonyl (C=O) groups is 1. The normalized spacial score (nSPS) is 11.3. The lowest BCUT2D eigenvalue weighted by molar-refractivity contribution is -0.138. The van der Waals surface area contributed by atoms with E-state index in [0.29, 0.717) is 56.5 Å². The molecule has 0 saturated heterocycles. The van der Waals surface area contributed by atoms with Crippen molar-refractivity contribution in [3.8, 4) is 23.2 Å². The lowest BCUT2D eigenvalue weighted by atomic mass is 10.1. The molecule has 216 valence electrons. The van der Waals surface area contributed by atoms with Gasteiger partial charge in [-0.1, -0.05) is 36.4 Å². The van der Waals surface area contributed by atoms with Crippen LogP contribution in [0.3, 0.4) is 0 Å². The molecule has 0 aliphatic heterocycles. The summed E-state index contributed by atoms with van der Waals surface area (Å²) in [4.78, 5) is 14.9. The molecule has 11 heteroatoms. The van der Waals surface area contributed by atoms with Gasteiger partial charge in [0, 0.05) is 24.4 Å². The van der Waals surface area contributed by atoms with Crippen LogP contribution >= 0.6 is 0 Å². The van der Waals surface area contributed by atoms with Gasteiger partial charge in [0.05, 0.1) is 18.8 Å². The van der Waals surface area contributed by atoms with Crippen LogP contribution in [0.5, 0.6) is 17.4 Å². The lowest BCUT2D eigenvalue weighted by Gasteiger charge is -2.14. The maximum atomic E-state index is 12.9.